The zero-order chi connectivity index (χ0) is 14.5. The van der Waals surface area contributed by atoms with E-state index in [-0.39, 0.29) is 5.69 Å². The fourth-order valence-corrected chi connectivity index (χ4v) is 1.82. The molecule has 2 aromatic heterocycles. The number of carboxylic acids is 1. The smallest absolute Gasteiger partial charge is 0.352 e. The Kier molecular flexibility index (Phi) is 4.31. The van der Waals surface area contributed by atoms with Crippen LogP contribution in [0.4, 0.5) is 5.95 Å². The fraction of sp³-hybridized carbons (Fsp3) is 0.308. The van der Waals surface area contributed by atoms with E-state index in [1.165, 1.54) is 0 Å². The van der Waals surface area contributed by atoms with E-state index < -0.39 is 5.97 Å². The van der Waals surface area contributed by atoms with Crippen LogP contribution in [0.2, 0.25) is 0 Å². The number of nitrogens with one attached hydrogen (secondary N) is 2. The van der Waals surface area contributed by atoms with Gasteiger partial charge in [-0.15, -0.1) is 0 Å². The summed E-state index contributed by atoms with van der Waals surface area (Å²) in [6, 6.07) is 1.54. The van der Waals surface area contributed by atoms with E-state index in [0.717, 1.165) is 5.56 Å². The van der Waals surface area contributed by atoms with Gasteiger partial charge in [0.1, 0.15) is 5.69 Å². The van der Waals surface area contributed by atoms with Crippen LogP contribution in [-0.4, -0.2) is 39.7 Å². The van der Waals surface area contributed by atoms with Gasteiger partial charge in [0.2, 0.25) is 5.95 Å². The van der Waals surface area contributed by atoms with Crippen molar-refractivity contribution >= 4 is 11.9 Å². The first-order chi connectivity index (χ1) is 9.65. The summed E-state index contributed by atoms with van der Waals surface area (Å²) in [5, 5.41) is 12.0. The van der Waals surface area contributed by atoms with Crippen LogP contribution in [-0.2, 0) is 11.3 Å². The molecular formula is C13H16N4O3. The van der Waals surface area contributed by atoms with Gasteiger partial charge in [0.25, 0.3) is 0 Å². The van der Waals surface area contributed by atoms with Crippen LogP contribution in [0.5, 0.6) is 0 Å². The van der Waals surface area contributed by atoms with E-state index in [2.05, 4.69) is 20.3 Å². The van der Waals surface area contributed by atoms with Crippen LogP contribution in [0, 0.1) is 0 Å². The second kappa shape index (κ2) is 6.16. The number of rotatable bonds is 6. The van der Waals surface area contributed by atoms with Gasteiger partial charge >= 0.3 is 5.97 Å². The molecule has 0 unspecified atom stereocenters. The molecule has 20 heavy (non-hydrogen) atoms. The van der Waals surface area contributed by atoms with Crippen molar-refractivity contribution in [1.82, 2.24) is 15.0 Å². The number of carbonyl (C=O) groups is 1. The standard InChI is InChI=1S/C13H16N4O3/c1-3-14-13-16-6-9(7-20-2)11(17-13)8-4-10(12(18)19)15-5-8/h4-6,15H,3,7H2,1-2H3,(H,18,19)(H,14,16,17). The molecule has 0 saturated heterocycles. The van der Waals surface area contributed by atoms with Crippen LogP contribution in [0.3, 0.4) is 0 Å². The molecule has 0 aliphatic rings. The highest BCUT2D eigenvalue weighted by atomic mass is 16.5. The quantitative estimate of drug-likeness (QED) is 0.743. The van der Waals surface area contributed by atoms with Crippen LogP contribution in [0.1, 0.15) is 23.0 Å². The van der Waals surface area contributed by atoms with Gasteiger partial charge in [-0.2, -0.15) is 0 Å². The first-order valence-electron chi connectivity index (χ1n) is 6.16. The zero-order valence-electron chi connectivity index (χ0n) is 11.3. The number of carboxylic acid groups (broad SMARTS) is 1. The second-order valence-electron chi connectivity index (χ2n) is 4.14. The van der Waals surface area contributed by atoms with Gasteiger partial charge in [-0.1, -0.05) is 0 Å². The largest absolute Gasteiger partial charge is 0.477 e. The third-order valence-electron chi connectivity index (χ3n) is 2.69. The van der Waals surface area contributed by atoms with E-state index >= 15 is 0 Å². The lowest BCUT2D eigenvalue weighted by Gasteiger charge is -2.08. The molecule has 7 nitrogen and oxygen atoms in total. The minimum absolute atomic E-state index is 0.118. The Bertz CT molecular complexity index is 609. The van der Waals surface area contributed by atoms with Crippen LogP contribution >= 0.6 is 0 Å². The molecule has 0 aromatic carbocycles. The van der Waals surface area contributed by atoms with E-state index in [1.807, 2.05) is 6.92 Å². The predicted molar refractivity (Wildman–Crippen MR) is 73.7 cm³/mol. The highest BCUT2D eigenvalue weighted by Gasteiger charge is 2.13. The predicted octanol–water partition coefficient (Wildman–Crippen LogP) is 1.75. The highest BCUT2D eigenvalue weighted by Crippen LogP contribution is 2.24. The Morgan fingerprint density at radius 1 is 1.55 bits per heavy atom. The van der Waals surface area contributed by atoms with E-state index in [1.54, 1.807) is 25.6 Å². The molecule has 0 atom stereocenters. The van der Waals surface area contributed by atoms with Gasteiger partial charge in [-0.25, -0.2) is 14.8 Å². The third kappa shape index (κ3) is 2.94. The summed E-state index contributed by atoms with van der Waals surface area (Å²) in [5.41, 5.74) is 2.26. The molecule has 2 rings (SSSR count). The number of hydrogen-bond donors (Lipinski definition) is 3. The molecule has 0 amide bonds. The number of H-pyrrole nitrogens is 1. The van der Waals surface area contributed by atoms with E-state index in [9.17, 15) is 4.79 Å². The molecule has 0 bridgehead atoms. The van der Waals surface area contributed by atoms with Crippen LogP contribution in [0.25, 0.3) is 11.3 Å². The third-order valence-corrected chi connectivity index (χ3v) is 2.69. The Hall–Kier alpha value is -2.41. The molecule has 2 aromatic rings. The summed E-state index contributed by atoms with van der Waals surface area (Å²) in [7, 11) is 1.59. The van der Waals surface area contributed by atoms with Crippen LogP contribution < -0.4 is 5.32 Å². The molecular weight excluding hydrogens is 260 g/mol. The molecule has 7 heteroatoms. The summed E-state index contributed by atoms with van der Waals surface area (Å²) in [4.78, 5) is 22.2. The minimum Gasteiger partial charge on any atom is -0.477 e. The summed E-state index contributed by atoms with van der Waals surface area (Å²) in [6.07, 6.45) is 3.29. The maximum atomic E-state index is 10.9. The molecule has 106 valence electrons. The molecule has 0 spiro atoms. The summed E-state index contributed by atoms with van der Waals surface area (Å²) in [6.45, 7) is 3.01. The zero-order valence-corrected chi connectivity index (χ0v) is 11.3. The number of anilines is 1. The van der Waals surface area contributed by atoms with Gasteiger partial charge in [0.05, 0.1) is 12.3 Å². The Labute approximate surface area is 116 Å². The van der Waals surface area contributed by atoms with Crippen molar-refractivity contribution in [2.75, 3.05) is 19.0 Å². The van der Waals surface area contributed by atoms with Gasteiger partial charge in [0.15, 0.2) is 0 Å². The van der Waals surface area contributed by atoms with Crippen molar-refractivity contribution in [2.45, 2.75) is 13.5 Å². The molecule has 2 heterocycles. The van der Waals surface area contributed by atoms with E-state index in [0.29, 0.717) is 30.4 Å². The first kappa shape index (κ1) is 14.0. The van der Waals surface area contributed by atoms with Gasteiger partial charge < -0.3 is 20.1 Å². The SMILES string of the molecule is CCNc1ncc(COC)c(-c2c[nH]c(C(=O)O)c2)n1. The number of aromatic carboxylic acids is 1. The van der Waals surface area contributed by atoms with Gasteiger partial charge in [-0.05, 0) is 13.0 Å². The molecule has 0 aliphatic heterocycles. The van der Waals surface area contributed by atoms with E-state index in [4.69, 9.17) is 9.84 Å². The second-order valence-corrected chi connectivity index (χ2v) is 4.14. The number of hydrogen-bond acceptors (Lipinski definition) is 5. The van der Waals surface area contributed by atoms with Crippen molar-refractivity contribution in [3.8, 4) is 11.3 Å². The topological polar surface area (TPSA) is 100 Å². The number of aromatic amines is 1. The number of ether oxygens (including phenoxy) is 1. The number of nitrogens with zero attached hydrogens (tertiary/aromatic N) is 2. The molecule has 0 radical (unpaired) electrons. The normalized spacial score (nSPS) is 10.5. The highest BCUT2D eigenvalue weighted by molar-refractivity contribution is 5.87. The number of methoxy groups -OCH3 is 1. The summed E-state index contributed by atoms with van der Waals surface area (Å²) in [5.74, 6) is -0.508. The van der Waals surface area contributed by atoms with Crippen molar-refractivity contribution in [3.63, 3.8) is 0 Å². The van der Waals surface area contributed by atoms with Crippen molar-refractivity contribution in [2.24, 2.45) is 0 Å². The fourth-order valence-electron chi connectivity index (χ4n) is 1.82. The molecule has 0 saturated carbocycles. The Balaban J connectivity index is 2.44. The Morgan fingerprint density at radius 2 is 2.35 bits per heavy atom. The Morgan fingerprint density at radius 3 is 2.95 bits per heavy atom. The first-order valence-corrected chi connectivity index (χ1v) is 6.16. The maximum absolute atomic E-state index is 10.9. The average molecular weight is 276 g/mol. The minimum atomic E-state index is -1.01. The van der Waals surface area contributed by atoms with Crippen molar-refractivity contribution in [3.05, 3.63) is 29.7 Å². The molecule has 0 fully saturated rings. The van der Waals surface area contributed by atoms with Gasteiger partial charge in [0, 0.05) is 37.2 Å². The average Bonchev–Trinajstić information content (AvgIpc) is 2.91. The maximum Gasteiger partial charge on any atom is 0.352 e. The van der Waals surface area contributed by atoms with Gasteiger partial charge in [-0.3, -0.25) is 0 Å². The lowest BCUT2D eigenvalue weighted by molar-refractivity contribution is 0.0691. The summed E-state index contributed by atoms with van der Waals surface area (Å²) >= 11 is 0. The molecule has 0 aliphatic carbocycles. The molecule has 3 N–H and O–H groups in total. The van der Waals surface area contributed by atoms with Crippen molar-refractivity contribution < 1.29 is 14.6 Å². The monoisotopic (exact) mass is 276 g/mol. The summed E-state index contributed by atoms with van der Waals surface area (Å²) < 4.78 is 5.12. The van der Waals surface area contributed by atoms with Crippen molar-refractivity contribution in [1.29, 1.82) is 0 Å². The lowest BCUT2D eigenvalue weighted by Crippen LogP contribution is -2.05. The lowest BCUT2D eigenvalue weighted by atomic mass is 10.1. The van der Waals surface area contributed by atoms with Crippen LogP contribution in [0.15, 0.2) is 18.5 Å². The number of aromatic nitrogens is 3.